The second kappa shape index (κ2) is 10.6. The molecule has 0 amide bonds. The fourth-order valence-electron chi connectivity index (χ4n) is 4.34. The van der Waals surface area contributed by atoms with Gasteiger partial charge in [-0.25, -0.2) is 14.4 Å². The fourth-order valence-corrected chi connectivity index (χ4v) is 8.77. The third-order valence-corrected chi connectivity index (χ3v) is 10.1. The van der Waals surface area contributed by atoms with Crippen LogP contribution in [0.4, 0.5) is 0 Å². The molecule has 0 saturated carbocycles. The van der Waals surface area contributed by atoms with Gasteiger partial charge in [-0.15, -0.1) is 0 Å². The lowest BCUT2D eigenvalue weighted by molar-refractivity contribution is -0.138. The smallest absolute Gasteiger partial charge is 0.343 e. The van der Waals surface area contributed by atoms with Gasteiger partial charge < -0.3 is 14.2 Å². The van der Waals surface area contributed by atoms with E-state index in [1.807, 2.05) is 91.0 Å². The summed E-state index contributed by atoms with van der Waals surface area (Å²) < 4.78 is 15.2. The van der Waals surface area contributed by atoms with Crippen LogP contribution in [0.1, 0.15) is 0 Å². The van der Waals surface area contributed by atoms with Gasteiger partial charge in [-0.3, -0.25) is 4.79 Å². The Morgan fingerprint density at radius 1 is 0.694 bits per heavy atom. The molecule has 3 aromatic carbocycles. The van der Waals surface area contributed by atoms with Crippen LogP contribution in [0.2, 0.25) is 0 Å². The van der Waals surface area contributed by atoms with Crippen molar-refractivity contribution < 1.29 is 33.4 Å². The Morgan fingerprint density at radius 2 is 1.11 bits per heavy atom. The van der Waals surface area contributed by atoms with Crippen molar-refractivity contribution in [2.24, 2.45) is 0 Å². The average molecular weight is 502 g/mol. The molecule has 1 saturated heterocycles. The summed E-state index contributed by atoms with van der Waals surface area (Å²) in [6.07, 6.45) is 0. The molecule has 182 valence electrons. The Labute approximate surface area is 208 Å². The molecule has 4 rings (SSSR count). The predicted octanol–water partition coefficient (Wildman–Crippen LogP) is 1.92. The summed E-state index contributed by atoms with van der Waals surface area (Å²) in [7, 11) is 2.31. The number of cyclic esters (lactones) is 1. The first kappa shape index (κ1) is 24.9. The van der Waals surface area contributed by atoms with E-state index >= 15 is 0 Å². The van der Waals surface area contributed by atoms with Gasteiger partial charge in [-0.1, -0.05) is 91.0 Å². The minimum absolute atomic E-state index is 0.123. The molecular formula is C28H23O7P. The standard InChI is InChI=1S/C28H23O7P/c1-33-26(30)24(23-22(29)18-35-27(23)31)25(28(32)34-2)36(19-12-6-3-7-13-19,20-14-8-4-9-15-20)21-16-10-5-11-17-21/h3-17H,18H2,1-2H3/b24-23+. The van der Waals surface area contributed by atoms with Crippen LogP contribution in [0.25, 0.3) is 0 Å². The topological polar surface area (TPSA) is 96.0 Å². The fraction of sp³-hybridized carbons (Fsp3) is 0.107. The normalized spacial score (nSPS) is 14.6. The molecule has 0 unspecified atom stereocenters. The zero-order valence-electron chi connectivity index (χ0n) is 19.7. The van der Waals surface area contributed by atoms with Crippen LogP contribution in [0.15, 0.2) is 102 Å². The first-order valence-corrected chi connectivity index (χ1v) is 12.8. The number of Topliss-reactive ketones (excluding diaryl/α,β-unsaturated/α-hetero) is 1. The monoisotopic (exact) mass is 502 g/mol. The van der Waals surface area contributed by atoms with E-state index in [0.717, 1.165) is 7.11 Å². The number of esters is 3. The Morgan fingerprint density at radius 3 is 1.44 bits per heavy atom. The Kier molecular flexibility index (Phi) is 7.32. The second-order valence-corrected chi connectivity index (χ2v) is 11.1. The molecule has 1 heterocycles. The zero-order valence-corrected chi connectivity index (χ0v) is 20.6. The van der Waals surface area contributed by atoms with Crippen LogP contribution in [-0.4, -0.2) is 49.8 Å². The van der Waals surface area contributed by atoms with E-state index in [4.69, 9.17) is 14.2 Å². The molecule has 0 aromatic heterocycles. The second-order valence-electron chi connectivity index (χ2n) is 7.76. The molecule has 0 radical (unpaired) electrons. The number of rotatable bonds is 6. The van der Waals surface area contributed by atoms with Gasteiger partial charge in [0.15, 0.2) is 6.61 Å². The highest BCUT2D eigenvalue weighted by molar-refractivity contribution is 7.97. The van der Waals surface area contributed by atoms with E-state index in [0.29, 0.717) is 15.9 Å². The Bertz CT molecular complexity index is 1290. The number of carbonyl (C=O) groups excluding carboxylic acids is 4. The maximum atomic E-state index is 13.8. The quantitative estimate of drug-likeness (QED) is 0.167. The largest absolute Gasteiger partial charge is 0.465 e. The lowest BCUT2D eigenvalue weighted by atomic mass is 10.0. The number of carbonyl (C=O) groups is 4. The molecule has 0 bridgehead atoms. The highest BCUT2D eigenvalue weighted by atomic mass is 31.2. The van der Waals surface area contributed by atoms with Crippen molar-refractivity contribution >= 4 is 51.8 Å². The summed E-state index contributed by atoms with van der Waals surface area (Å²) >= 11 is 0. The number of benzene rings is 3. The van der Waals surface area contributed by atoms with Crippen LogP contribution < -0.4 is 15.9 Å². The Balaban J connectivity index is 2.40. The lowest BCUT2D eigenvalue weighted by Gasteiger charge is -2.32. The van der Waals surface area contributed by atoms with Crippen LogP contribution in [-0.2, 0) is 33.4 Å². The summed E-state index contributed by atoms with van der Waals surface area (Å²) in [6.45, 7) is -3.77. The van der Waals surface area contributed by atoms with Gasteiger partial charge in [-0.05, 0) is 22.8 Å². The van der Waals surface area contributed by atoms with Gasteiger partial charge >= 0.3 is 17.9 Å². The van der Waals surface area contributed by atoms with E-state index in [9.17, 15) is 19.2 Å². The molecule has 8 heteroatoms. The molecule has 1 fully saturated rings. The number of methoxy groups -OCH3 is 2. The van der Waals surface area contributed by atoms with Gasteiger partial charge in [0, 0.05) is 0 Å². The highest BCUT2D eigenvalue weighted by Gasteiger charge is 2.43. The van der Waals surface area contributed by atoms with Crippen molar-refractivity contribution in [3.05, 3.63) is 102 Å². The van der Waals surface area contributed by atoms with E-state index in [-0.39, 0.29) is 5.29 Å². The molecule has 36 heavy (non-hydrogen) atoms. The lowest BCUT2D eigenvalue weighted by Crippen LogP contribution is -2.38. The van der Waals surface area contributed by atoms with E-state index in [1.54, 1.807) is 0 Å². The molecular weight excluding hydrogens is 479 g/mol. The van der Waals surface area contributed by atoms with Crippen LogP contribution in [0.3, 0.4) is 0 Å². The average Bonchev–Trinajstić information content (AvgIpc) is 3.27. The summed E-state index contributed by atoms with van der Waals surface area (Å²) in [5, 5.41) is 2.01. The highest BCUT2D eigenvalue weighted by Crippen LogP contribution is 2.48. The minimum Gasteiger partial charge on any atom is -0.465 e. The summed E-state index contributed by atoms with van der Waals surface area (Å²) in [5.41, 5.74) is -0.962. The van der Waals surface area contributed by atoms with Crippen molar-refractivity contribution in [3.63, 3.8) is 0 Å². The predicted molar refractivity (Wildman–Crippen MR) is 137 cm³/mol. The van der Waals surface area contributed by atoms with E-state index in [2.05, 4.69) is 0 Å². The van der Waals surface area contributed by atoms with Crippen molar-refractivity contribution in [2.45, 2.75) is 0 Å². The van der Waals surface area contributed by atoms with Crippen molar-refractivity contribution in [1.82, 2.24) is 0 Å². The summed E-state index contributed by atoms with van der Waals surface area (Å²) in [4.78, 5) is 52.7. The first-order valence-electron chi connectivity index (χ1n) is 11.0. The summed E-state index contributed by atoms with van der Waals surface area (Å²) in [6, 6.07) is 27.6. The van der Waals surface area contributed by atoms with Crippen LogP contribution in [0, 0.1) is 0 Å². The maximum Gasteiger partial charge on any atom is 0.343 e. The Hall–Kier alpha value is -4.22. The van der Waals surface area contributed by atoms with Gasteiger partial charge in [0.05, 0.1) is 25.1 Å². The van der Waals surface area contributed by atoms with Gasteiger partial charge in [0.25, 0.3) is 0 Å². The first-order chi connectivity index (χ1) is 17.5. The number of hydrogen-bond acceptors (Lipinski definition) is 7. The zero-order chi connectivity index (χ0) is 25.7. The number of ether oxygens (including phenoxy) is 3. The van der Waals surface area contributed by atoms with Gasteiger partial charge in [0.1, 0.15) is 5.57 Å². The molecule has 7 nitrogen and oxygen atoms in total. The van der Waals surface area contributed by atoms with Crippen LogP contribution in [0.5, 0.6) is 0 Å². The maximum absolute atomic E-state index is 13.8. The van der Waals surface area contributed by atoms with Crippen LogP contribution >= 0.6 is 6.89 Å². The molecule has 1 aliphatic rings. The molecule has 3 aromatic rings. The van der Waals surface area contributed by atoms with Crippen molar-refractivity contribution in [1.29, 1.82) is 0 Å². The molecule has 0 N–H and O–H groups in total. The van der Waals surface area contributed by atoms with Crippen molar-refractivity contribution in [2.75, 3.05) is 20.8 Å². The molecule has 0 atom stereocenters. The van der Waals surface area contributed by atoms with Gasteiger partial charge in [-0.2, -0.15) is 0 Å². The SMILES string of the molecule is COC(=O)C(/C(C(=O)OC)=C1/C(=O)COC1=O)=P(c1ccccc1)(c1ccccc1)c1ccccc1. The van der Waals surface area contributed by atoms with Gasteiger partial charge in [0.2, 0.25) is 5.78 Å². The molecule has 0 spiro atoms. The van der Waals surface area contributed by atoms with Crippen molar-refractivity contribution in [3.8, 4) is 0 Å². The summed E-state index contributed by atoms with van der Waals surface area (Å²) in [5.74, 6) is -3.58. The third-order valence-electron chi connectivity index (χ3n) is 5.84. The molecule has 1 aliphatic heterocycles. The molecule has 0 aliphatic carbocycles. The van der Waals surface area contributed by atoms with E-state index < -0.39 is 48.3 Å². The van der Waals surface area contributed by atoms with E-state index in [1.165, 1.54) is 7.11 Å². The number of ketones is 1. The minimum atomic E-state index is -3.24. The number of hydrogen-bond donors (Lipinski definition) is 0. The third kappa shape index (κ3) is 4.18.